The molecule has 3 heterocycles. The summed E-state index contributed by atoms with van der Waals surface area (Å²) in [7, 11) is 0. The molecule has 1 aliphatic heterocycles. The highest BCUT2D eigenvalue weighted by molar-refractivity contribution is 7.99. The van der Waals surface area contributed by atoms with Crippen LogP contribution in [0.4, 0.5) is 4.79 Å². The minimum Gasteiger partial charge on any atom is -0.341 e. The molecule has 3 aromatic carbocycles. The molecule has 1 saturated heterocycles. The van der Waals surface area contributed by atoms with Crippen molar-refractivity contribution in [3.63, 3.8) is 0 Å². The van der Waals surface area contributed by atoms with Crippen molar-refractivity contribution in [3.8, 4) is 5.69 Å². The predicted octanol–water partition coefficient (Wildman–Crippen LogP) is 4.16. The summed E-state index contributed by atoms with van der Waals surface area (Å²) in [6.45, 7) is 3.73. The molecule has 0 radical (unpaired) electrons. The number of hydrogen-bond donors (Lipinski definition) is 1. The Kier molecular flexibility index (Phi) is 5.49. The van der Waals surface area contributed by atoms with E-state index < -0.39 is 0 Å². The van der Waals surface area contributed by atoms with E-state index in [9.17, 15) is 14.4 Å². The lowest BCUT2D eigenvalue weighted by Gasteiger charge is -2.15. The molecule has 2 aromatic heterocycles. The fraction of sp³-hybridized carbons (Fsp3) is 0.185. The SMILES string of the molecule is CCn1c2ccccc2c2cc(-n3c(SCC(=O)N4CCNC4=O)nc4ccccc4c3=O)ccc21. The van der Waals surface area contributed by atoms with Crippen LogP contribution in [-0.2, 0) is 11.3 Å². The van der Waals surface area contributed by atoms with Crippen LogP contribution >= 0.6 is 11.8 Å². The van der Waals surface area contributed by atoms with Gasteiger partial charge in [0.1, 0.15) is 0 Å². The van der Waals surface area contributed by atoms with E-state index in [0.29, 0.717) is 34.8 Å². The van der Waals surface area contributed by atoms with Gasteiger partial charge in [-0.05, 0) is 43.3 Å². The fourth-order valence-electron chi connectivity index (χ4n) is 4.87. The predicted molar refractivity (Wildman–Crippen MR) is 142 cm³/mol. The Morgan fingerprint density at radius 1 is 0.972 bits per heavy atom. The van der Waals surface area contributed by atoms with Gasteiger partial charge in [-0.1, -0.05) is 42.1 Å². The van der Waals surface area contributed by atoms with E-state index in [1.54, 1.807) is 16.7 Å². The van der Waals surface area contributed by atoms with Crippen LogP contribution in [0.15, 0.2) is 76.7 Å². The lowest BCUT2D eigenvalue weighted by Crippen LogP contribution is -2.35. The van der Waals surface area contributed by atoms with Crippen molar-refractivity contribution in [2.45, 2.75) is 18.6 Å². The second-order valence-corrected chi connectivity index (χ2v) is 9.52. The van der Waals surface area contributed by atoms with Crippen LogP contribution < -0.4 is 10.9 Å². The molecule has 1 N–H and O–H groups in total. The molecule has 8 nitrogen and oxygen atoms in total. The van der Waals surface area contributed by atoms with Gasteiger partial charge in [0.25, 0.3) is 5.56 Å². The summed E-state index contributed by atoms with van der Waals surface area (Å²) in [4.78, 5) is 44.3. The lowest BCUT2D eigenvalue weighted by molar-refractivity contribution is -0.124. The Labute approximate surface area is 210 Å². The van der Waals surface area contributed by atoms with Gasteiger partial charge < -0.3 is 9.88 Å². The normalized spacial score (nSPS) is 13.7. The summed E-state index contributed by atoms with van der Waals surface area (Å²) < 4.78 is 3.83. The Hall–Kier alpha value is -4.11. The first kappa shape index (κ1) is 22.4. The number of carbonyl (C=O) groups is 2. The van der Waals surface area contributed by atoms with Gasteiger partial charge in [-0.15, -0.1) is 0 Å². The Bertz CT molecular complexity index is 1740. The van der Waals surface area contributed by atoms with Crippen molar-refractivity contribution in [1.29, 1.82) is 0 Å². The molecule has 0 aliphatic carbocycles. The van der Waals surface area contributed by atoms with Crippen molar-refractivity contribution < 1.29 is 9.59 Å². The minimum atomic E-state index is -0.387. The smallest absolute Gasteiger partial charge is 0.324 e. The van der Waals surface area contributed by atoms with Crippen LogP contribution in [0.5, 0.6) is 0 Å². The number of fused-ring (bicyclic) bond motifs is 4. The number of para-hydroxylation sites is 2. The maximum atomic E-state index is 13.7. The van der Waals surface area contributed by atoms with Gasteiger partial charge in [-0.3, -0.25) is 19.1 Å². The molecule has 9 heteroatoms. The van der Waals surface area contributed by atoms with Crippen LogP contribution in [0.1, 0.15) is 6.92 Å². The van der Waals surface area contributed by atoms with E-state index in [0.717, 1.165) is 40.1 Å². The number of urea groups is 1. The van der Waals surface area contributed by atoms with Crippen LogP contribution in [0.3, 0.4) is 0 Å². The Morgan fingerprint density at radius 3 is 2.50 bits per heavy atom. The summed E-state index contributed by atoms with van der Waals surface area (Å²) in [6.07, 6.45) is 0. The lowest BCUT2D eigenvalue weighted by atomic mass is 10.1. The fourth-order valence-corrected chi connectivity index (χ4v) is 5.76. The van der Waals surface area contributed by atoms with E-state index in [-0.39, 0.29) is 23.3 Å². The van der Waals surface area contributed by atoms with Crippen LogP contribution in [0.25, 0.3) is 38.4 Å². The molecule has 0 unspecified atom stereocenters. The molecule has 1 fully saturated rings. The number of hydrogen-bond acceptors (Lipinski definition) is 5. The topological polar surface area (TPSA) is 89.2 Å². The van der Waals surface area contributed by atoms with Gasteiger partial charge in [0.15, 0.2) is 5.16 Å². The summed E-state index contributed by atoms with van der Waals surface area (Å²) >= 11 is 1.16. The summed E-state index contributed by atoms with van der Waals surface area (Å²) in [5.41, 5.74) is 3.27. The third-order valence-electron chi connectivity index (χ3n) is 6.56. The number of aryl methyl sites for hydroxylation is 1. The van der Waals surface area contributed by atoms with Gasteiger partial charge in [0, 0.05) is 41.4 Å². The van der Waals surface area contributed by atoms with Crippen molar-refractivity contribution in [2.24, 2.45) is 0 Å². The molecule has 180 valence electrons. The molecular formula is C27H23N5O3S. The van der Waals surface area contributed by atoms with E-state index in [1.807, 2.05) is 42.5 Å². The van der Waals surface area contributed by atoms with E-state index in [2.05, 4.69) is 28.9 Å². The zero-order valence-electron chi connectivity index (χ0n) is 19.6. The van der Waals surface area contributed by atoms with Crippen molar-refractivity contribution >= 4 is 56.4 Å². The van der Waals surface area contributed by atoms with Crippen molar-refractivity contribution in [3.05, 3.63) is 77.1 Å². The number of rotatable bonds is 5. The molecule has 6 rings (SSSR count). The number of aromatic nitrogens is 3. The largest absolute Gasteiger partial charge is 0.341 e. The maximum absolute atomic E-state index is 13.7. The molecule has 0 saturated carbocycles. The number of imide groups is 1. The van der Waals surface area contributed by atoms with E-state index in [1.165, 1.54) is 4.90 Å². The average Bonchev–Trinajstić information content (AvgIpc) is 3.47. The second kappa shape index (κ2) is 8.83. The summed E-state index contributed by atoms with van der Waals surface area (Å²) in [6, 6.07) is 21.0. The standard InChI is InChI=1S/C27H23N5O3S/c1-2-30-22-10-6-4-7-18(22)20-15-17(11-12-23(20)30)32-25(34)19-8-3-5-9-21(19)29-27(32)36-16-24(33)31-14-13-28-26(31)35/h3-12,15H,2,13-14,16H2,1H3,(H,28,35). The molecule has 1 aliphatic rings. The number of amides is 3. The highest BCUT2D eigenvalue weighted by Crippen LogP contribution is 2.31. The van der Waals surface area contributed by atoms with Gasteiger partial charge >= 0.3 is 6.03 Å². The quantitative estimate of drug-likeness (QED) is 0.291. The zero-order chi connectivity index (χ0) is 24.8. The summed E-state index contributed by atoms with van der Waals surface area (Å²) in [5, 5.41) is 5.71. The maximum Gasteiger partial charge on any atom is 0.324 e. The first-order valence-corrected chi connectivity index (χ1v) is 12.8. The van der Waals surface area contributed by atoms with Crippen LogP contribution in [-0.4, -0.2) is 49.8 Å². The van der Waals surface area contributed by atoms with Gasteiger partial charge in [0.2, 0.25) is 5.91 Å². The molecule has 0 spiro atoms. The van der Waals surface area contributed by atoms with Gasteiger partial charge in [-0.25, -0.2) is 9.78 Å². The summed E-state index contributed by atoms with van der Waals surface area (Å²) in [5.74, 6) is -0.319. The first-order valence-electron chi connectivity index (χ1n) is 11.8. The molecule has 0 bridgehead atoms. The molecule has 36 heavy (non-hydrogen) atoms. The average molecular weight is 498 g/mol. The molecule has 5 aromatic rings. The van der Waals surface area contributed by atoms with Gasteiger partial charge in [-0.2, -0.15) is 0 Å². The number of thioether (sulfide) groups is 1. The third-order valence-corrected chi connectivity index (χ3v) is 7.48. The highest BCUT2D eigenvalue weighted by Gasteiger charge is 2.26. The van der Waals surface area contributed by atoms with Crippen LogP contribution in [0, 0.1) is 0 Å². The van der Waals surface area contributed by atoms with Crippen molar-refractivity contribution in [1.82, 2.24) is 24.3 Å². The number of carbonyl (C=O) groups excluding carboxylic acids is 2. The number of nitrogens with zero attached hydrogens (tertiary/aromatic N) is 4. The van der Waals surface area contributed by atoms with E-state index >= 15 is 0 Å². The van der Waals surface area contributed by atoms with E-state index in [4.69, 9.17) is 4.98 Å². The number of benzene rings is 3. The van der Waals surface area contributed by atoms with Gasteiger partial charge in [0.05, 0.1) is 22.3 Å². The van der Waals surface area contributed by atoms with Crippen LogP contribution in [0.2, 0.25) is 0 Å². The Morgan fingerprint density at radius 2 is 1.72 bits per heavy atom. The molecular weight excluding hydrogens is 474 g/mol. The minimum absolute atomic E-state index is 0.00438. The monoisotopic (exact) mass is 497 g/mol. The highest BCUT2D eigenvalue weighted by atomic mass is 32.2. The van der Waals surface area contributed by atoms with Crippen molar-refractivity contribution in [2.75, 3.05) is 18.8 Å². The zero-order valence-corrected chi connectivity index (χ0v) is 20.4. The molecule has 3 amide bonds. The third kappa shape index (κ3) is 3.54. The molecule has 0 atom stereocenters. The number of nitrogens with one attached hydrogen (secondary N) is 1. The Balaban J connectivity index is 1.50. The first-order chi connectivity index (χ1) is 17.6. The second-order valence-electron chi connectivity index (χ2n) is 8.58.